The fraction of sp³-hybridized carbons (Fsp3) is 0.292. The third kappa shape index (κ3) is 4.98. The second-order valence-corrected chi connectivity index (χ2v) is 11.4. The van der Waals surface area contributed by atoms with Crippen LogP contribution in [-0.4, -0.2) is 72.3 Å². The van der Waals surface area contributed by atoms with Crippen molar-refractivity contribution in [3.8, 4) is 0 Å². The zero-order valence-electron chi connectivity index (χ0n) is 21.1. The molecule has 2 amide bonds. The number of oxazole rings is 1. The summed E-state index contributed by atoms with van der Waals surface area (Å²) < 4.78 is 7.90. The number of carboxylic acid groups (broad SMARTS) is 2. The zero-order chi connectivity index (χ0) is 28.8. The molecule has 5 rings (SSSR count). The van der Waals surface area contributed by atoms with Gasteiger partial charge in [0.2, 0.25) is 5.60 Å². The molecule has 208 valence electrons. The molecule has 16 heteroatoms. The predicted octanol–water partition coefficient (Wildman–Crippen LogP) is 0.782. The number of β-lactam (4-membered cyclic amide) rings is 1. The van der Waals surface area contributed by atoms with Crippen LogP contribution in [0.5, 0.6) is 0 Å². The number of fused-ring (bicyclic) bond motifs is 2. The number of oxime groups is 1. The van der Waals surface area contributed by atoms with Crippen LogP contribution in [0.3, 0.4) is 0 Å². The predicted molar refractivity (Wildman–Crippen MR) is 142 cm³/mol. The number of pyridine rings is 1. The molecule has 3 aromatic heterocycles. The second-order valence-electron chi connectivity index (χ2n) is 9.39. The standard InChI is InChI=1S/C24H22N6O8S2/c1-24(2,22(35)36)38-28-15(13-9-37-23(25)26-13)18(31)27-16-19(32)30-17(21(33)34)12(10-40-20(16)30)8-29-5-3-14-11(7-29)4-6-39-14/h3-7,9,16,20H,8,10H2,1-2H3,(H4-,25,26,27,31,33,34,35,36)/p+1/t16?,20-/m1/s1. The van der Waals surface area contributed by atoms with E-state index in [-0.39, 0.29) is 24.0 Å². The second kappa shape index (κ2) is 10.3. The fourth-order valence-corrected chi connectivity index (χ4v) is 6.18. The van der Waals surface area contributed by atoms with E-state index < -0.39 is 46.5 Å². The van der Waals surface area contributed by atoms with Crippen LogP contribution >= 0.6 is 23.1 Å². The number of hydrogen-bond donors (Lipinski definition) is 4. The summed E-state index contributed by atoms with van der Waals surface area (Å²) in [7, 11) is 0. The molecule has 5 N–H and O–H groups in total. The molecule has 0 saturated carbocycles. The van der Waals surface area contributed by atoms with E-state index >= 15 is 0 Å². The van der Waals surface area contributed by atoms with Gasteiger partial charge in [-0.05, 0) is 25.3 Å². The third-order valence-electron chi connectivity index (χ3n) is 6.22. The highest BCUT2D eigenvalue weighted by Crippen LogP contribution is 2.40. The molecular weight excluding hydrogens is 564 g/mol. The van der Waals surface area contributed by atoms with Gasteiger partial charge in [-0.1, -0.05) is 5.16 Å². The fourth-order valence-electron chi connectivity index (χ4n) is 4.09. The number of carboxylic acids is 2. The molecule has 0 aromatic carbocycles. The van der Waals surface area contributed by atoms with Gasteiger partial charge in [0.1, 0.15) is 29.1 Å². The van der Waals surface area contributed by atoms with Crippen LogP contribution in [-0.2, 0) is 30.6 Å². The van der Waals surface area contributed by atoms with Gasteiger partial charge in [-0.3, -0.25) is 14.5 Å². The first-order valence-corrected chi connectivity index (χ1v) is 13.7. The monoisotopic (exact) mass is 587 g/mol. The number of carbonyl (C=O) groups excluding carboxylic acids is 2. The third-order valence-corrected chi connectivity index (χ3v) is 8.46. The van der Waals surface area contributed by atoms with Crippen molar-refractivity contribution in [1.29, 1.82) is 0 Å². The number of aliphatic carboxylic acids is 2. The number of anilines is 1. The number of nitrogens with one attached hydrogen (secondary N) is 1. The van der Waals surface area contributed by atoms with Crippen LogP contribution in [0.25, 0.3) is 10.1 Å². The number of aromatic nitrogens is 2. The number of amides is 2. The normalized spacial score (nSPS) is 19.3. The van der Waals surface area contributed by atoms with Crippen molar-refractivity contribution in [2.45, 2.75) is 37.4 Å². The summed E-state index contributed by atoms with van der Waals surface area (Å²) in [5, 5.41) is 27.8. The van der Waals surface area contributed by atoms with Crippen LogP contribution in [0.2, 0.25) is 0 Å². The van der Waals surface area contributed by atoms with Crippen LogP contribution in [0.15, 0.2) is 57.0 Å². The van der Waals surface area contributed by atoms with Crippen molar-refractivity contribution < 1.29 is 43.2 Å². The number of nitrogens with zero attached hydrogens (tertiary/aromatic N) is 4. The average Bonchev–Trinajstić information content (AvgIpc) is 3.55. The maximum atomic E-state index is 13.2. The van der Waals surface area contributed by atoms with E-state index in [2.05, 4.69) is 15.5 Å². The quantitative estimate of drug-likeness (QED) is 0.119. The topological polar surface area (TPSA) is 202 Å². The van der Waals surface area contributed by atoms with Crippen LogP contribution in [0.1, 0.15) is 19.5 Å². The first-order chi connectivity index (χ1) is 19.0. The number of carbonyl (C=O) groups is 4. The lowest BCUT2D eigenvalue weighted by atomic mass is 10.0. The molecule has 2 atom stereocenters. The van der Waals surface area contributed by atoms with Crippen LogP contribution in [0, 0.1) is 0 Å². The summed E-state index contributed by atoms with van der Waals surface area (Å²) in [6, 6.07) is 2.56. The Kier molecular flexibility index (Phi) is 6.97. The number of nitrogens with two attached hydrogens (primary N) is 1. The van der Waals surface area contributed by atoms with Gasteiger partial charge in [0.15, 0.2) is 24.7 Å². The molecule has 0 aliphatic carbocycles. The molecule has 2 aliphatic rings. The van der Waals surface area contributed by atoms with E-state index in [1.807, 2.05) is 34.5 Å². The maximum Gasteiger partial charge on any atom is 0.352 e. The van der Waals surface area contributed by atoms with Gasteiger partial charge in [-0.15, -0.1) is 23.1 Å². The minimum atomic E-state index is -1.79. The van der Waals surface area contributed by atoms with E-state index in [1.54, 1.807) is 11.3 Å². The molecule has 0 spiro atoms. The van der Waals surface area contributed by atoms with Gasteiger partial charge >= 0.3 is 11.9 Å². The Morgan fingerprint density at radius 2 is 2.12 bits per heavy atom. The average molecular weight is 588 g/mol. The SMILES string of the molecule is CC(C)(ON=C(C(=O)NC1C(=O)N2C(C(=O)O)=C(C[n+]3ccc4sccc4c3)CS[C@H]12)c1coc(N)n1)C(=O)O. The Bertz CT molecular complexity index is 1610. The highest BCUT2D eigenvalue weighted by Gasteiger charge is 2.55. The molecule has 40 heavy (non-hydrogen) atoms. The molecule has 3 aromatic rings. The van der Waals surface area contributed by atoms with Crippen molar-refractivity contribution in [2.24, 2.45) is 5.16 Å². The van der Waals surface area contributed by atoms with E-state index in [4.69, 9.17) is 15.0 Å². The van der Waals surface area contributed by atoms with Crippen LogP contribution < -0.4 is 15.6 Å². The number of thiophene rings is 1. The first kappa shape index (κ1) is 27.1. The van der Waals surface area contributed by atoms with Gasteiger partial charge in [0.05, 0.1) is 5.39 Å². The number of nitrogen functional groups attached to an aromatic ring is 1. The summed E-state index contributed by atoms with van der Waals surface area (Å²) >= 11 is 2.91. The Balaban J connectivity index is 1.36. The largest absolute Gasteiger partial charge is 0.478 e. The van der Waals surface area contributed by atoms with Crippen LogP contribution in [0.4, 0.5) is 6.01 Å². The highest BCUT2D eigenvalue weighted by molar-refractivity contribution is 8.00. The molecular formula is C24H23N6O8S2+. The lowest BCUT2D eigenvalue weighted by Crippen LogP contribution is -2.71. The molecule has 1 fully saturated rings. The number of hydrogen-bond acceptors (Lipinski definition) is 11. The molecule has 2 aliphatic heterocycles. The zero-order valence-corrected chi connectivity index (χ0v) is 22.7. The van der Waals surface area contributed by atoms with Gasteiger partial charge in [0, 0.05) is 22.1 Å². The summed E-state index contributed by atoms with van der Waals surface area (Å²) in [6.45, 7) is 2.73. The lowest BCUT2D eigenvalue weighted by Gasteiger charge is -2.49. The molecule has 1 unspecified atom stereocenters. The Hall–Kier alpha value is -4.44. The molecule has 0 bridgehead atoms. The molecule has 1 saturated heterocycles. The van der Waals surface area contributed by atoms with Gasteiger partial charge < -0.3 is 30.5 Å². The maximum absolute atomic E-state index is 13.2. The molecule has 0 radical (unpaired) electrons. The first-order valence-electron chi connectivity index (χ1n) is 11.7. The molecule has 14 nitrogen and oxygen atoms in total. The van der Waals surface area contributed by atoms with Gasteiger partial charge in [0.25, 0.3) is 17.8 Å². The van der Waals surface area contributed by atoms with E-state index in [0.29, 0.717) is 11.3 Å². The minimum Gasteiger partial charge on any atom is -0.478 e. The highest BCUT2D eigenvalue weighted by atomic mass is 32.2. The van der Waals surface area contributed by atoms with Gasteiger partial charge in [-0.2, -0.15) is 4.98 Å². The van der Waals surface area contributed by atoms with Crippen molar-refractivity contribution >= 4 is 68.7 Å². The summed E-state index contributed by atoms with van der Waals surface area (Å²) in [5.41, 5.74) is 3.52. The number of thioether (sulfide) groups is 1. The number of rotatable bonds is 9. The smallest absolute Gasteiger partial charge is 0.352 e. The Morgan fingerprint density at radius 3 is 2.80 bits per heavy atom. The summed E-state index contributed by atoms with van der Waals surface area (Å²) in [6.07, 6.45) is 4.80. The lowest BCUT2D eigenvalue weighted by molar-refractivity contribution is -0.687. The van der Waals surface area contributed by atoms with E-state index in [0.717, 1.165) is 21.2 Å². The molecule has 5 heterocycles. The minimum absolute atomic E-state index is 0.123. The Labute approximate surface area is 234 Å². The van der Waals surface area contributed by atoms with Crippen molar-refractivity contribution in [2.75, 3.05) is 11.5 Å². The van der Waals surface area contributed by atoms with Gasteiger partial charge in [-0.25, -0.2) is 14.2 Å². The van der Waals surface area contributed by atoms with Crippen molar-refractivity contribution in [1.82, 2.24) is 15.2 Å². The van der Waals surface area contributed by atoms with E-state index in [9.17, 15) is 29.4 Å². The van der Waals surface area contributed by atoms with E-state index in [1.165, 1.54) is 25.6 Å². The Morgan fingerprint density at radius 1 is 1.35 bits per heavy atom. The summed E-state index contributed by atoms with van der Waals surface area (Å²) in [4.78, 5) is 60.0. The van der Waals surface area contributed by atoms with Crippen molar-refractivity contribution in [3.63, 3.8) is 0 Å². The summed E-state index contributed by atoms with van der Waals surface area (Å²) in [5.74, 6) is -3.81. The van der Waals surface area contributed by atoms with Crippen molar-refractivity contribution in [3.05, 3.63) is 53.1 Å².